The van der Waals surface area contributed by atoms with Crippen LogP contribution in [0.25, 0.3) is 5.69 Å². The smallest absolute Gasteiger partial charge is 0.238 e. The van der Waals surface area contributed by atoms with Crippen molar-refractivity contribution in [1.29, 1.82) is 0 Å². The summed E-state index contributed by atoms with van der Waals surface area (Å²) >= 11 is 0. The molecule has 4 heterocycles. The Morgan fingerprint density at radius 3 is 2.71 bits per heavy atom. The molecule has 0 saturated carbocycles. The number of fused-ring (bicyclic) bond motifs is 1. The number of halogens is 1. The van der Waals surface area contributed by atoms with Crippen LogP contribution in [0.2, 0.25) is 0 Å². The fraction of sp³-hybridized carbons (Fsp3) is 0.318. The van der Waals surface area contributed by atoms with Gasteiger partial charge in [0, 0.05) is 37.4 Å². The number of hydrogen-bond acceptors (Lipinski definition) is 6. The number of pyridine rings is 1. The zero-order valence-electron chi connectivity index (χ0n) is 17.0. The van der Waals surface area contributed by atoms with Gasteiger partial charge in [-0.3, -0.25) is 9.69 Å². The number of nitrogens with one attached hydrogen (secondary N) is 1. The van der Waals surface area contributed by atoms with Gasteiger partial charge in [-0.2, -0.15) is 5.10 Å². The highest BCUT2D eigenvalue weighted by Gasteiger charge is 2.29. The number of hydrogen-bond donors (Lipinski definition) is 2. The standard InChI is InChI=1S/C22H24FN7O/c23-16-10-26-30(13-16)20-9-21(25-11-18(20)24)28-7-5-17(6-8-28)29-12-15-3-1-2-4-19(15)27-22(31)14-29/h1-4,9-11,13,17H,5-8,12,14,24H2,(H,27,31). The highest BCUT2D eigenvalue weighted by Crippen LogP contribution is 2.28. The Kier molecular flexibility index (Phi) is 5.03. The van der Waals surface area contributed by atoms with E-state index in [9.17, 15) is 9.18 Å². The number of rotatable bonds is 3. The molecule has 0 spiro atoms. The molecule has 1 amide bonds. The Bertz CT molecular complexity index is 1110. The summed E-state index contributed by atoms with van der Waals surface area (Å²) in [6.07, 6.45) is 5.89. The third-order valence-electron chi connectivity index (χ3n) is 6.01. The van der Waals surface area contributed by atoms with E-state index in [2.05, 4.69) is 31.3 Å². The van der Waals surface area contributed by atoms with E-state index in [1.807, 2.05) is 24.3 Å². The van der Waals surface area contributed by atoms with Gasteiger partial charge in [0.2, 0.25) is 5.91 Å². The molecule has 2 aliphatic heterocycles. The molecule has 8 nitrogen and oxygen atoms in total. The summed E-state index contributed by atoms with van der Waals surface area (Å²) in [6.45, 7) is 2.78. The van der Waals surface area contributed by atoms with Gasteiger partial charge in [0.05, 0.1) is 36.5 Å². The first-order valence-electron chi connectivity index (χ1n) is 10.4. The summed E-state index contributed by atoms with van der Waals surface area (Å²) < 4.78 is 14.8. The number of nitrogens with two attached hydrogens (primary N) is 1. The van der Waals surface area contributed by atoms with Crippen LogP contribution in [0.1, 0.15) is 18.4 Å². The minimum Gasteiger partial charge on any atom is -0.396 e. The van der Waals surface area contributed by atoms with Crippen LogP contribution in [0.5, 0.6) is 0 Å². The first-order valence-corrected chi connectivity index (χ1v) is 10.4. The normalized spacial score (nSPS) is 17.8. The number of anilines is 3. The molecule has 5 rings (SSSR count). The third-order valence-corrected chi connectivity index (χ3v) is 6.01. The van der Waals surface area contributed by atoms with Crippen molar-refractivity contribution >= 4 is 23.1 Å². The Balaban J connectivity index is 1.29. The van der Waals surface area contributed by atoms with Crippen molar-refractivity contribution in [2.45, 2.75) is 25.4 Å². The average molecular weight is 421 g/mol. The number of piperidine rings is 1. The van der Waals surface area contributed by atoms with Gasteiger partial charge < -0.3 is 16.0 Å². The molecule has 1 aromatic carbocycles. The largest absolute Gasteiger partial charge is 0.396 e. The van der Waals surface area contributed by atoms with Gasteiger partial charge in [-0.1, -0.05) is 18.2 Å². The minimum absolute atomic E-state index is 0.0312. The zero-order valence-corrected chi connectivity index (χ0v) is 17.0. The number of nitrogens with zero attached hydrogens (tertiary/aromatic N) is 5. The fourth-order valence-electron chi connectivity index (χ4n) is 4.40. The number of nitrogen functional groups attached to an aromatic ring is 1. The first kappa shape index (κ1) is 19.5. The summed E-state index contributed by atoms with van der Waals surface area (Å²) in [7, 11) is 0. The lowest BCUT2D eigenvalue weighted by Crippen LogP contribution is -2.46. The second kappa shape index (κ2) is 7.99. The highest BCUT2D eigenvalue weighted by molar-refractivity contribution is 5.93. The molecule has 160 valence electrons. The maximum absolute atomic E-state index is 13.4. The van der Waals surface area contributed by atoms with Crippen LogP contribution >= 0.6 is 0 Å². The molecule has 0 aliphatic carbocycles. The van der Waals surface area contributed by atoms with Gasteiger partial charge in [-0.25, -0.2) is 14.1 Å². The second-order valence-electron chi connectivity index (χ2n) is 8.03. The number of carbonyl (C=O) groups is 1. The predicted octanol–water partition coefficient (Wildman–Crippen LogP) is 2.41. The van der Waals surface area contributed by atoms with Crippen molar-refractivity contribution < 1.29 is 9.18 Å². The number of para-hydroxylation sites is 1. The maximum atomic E-state index is 13.4. The number of aromatic nitrogens is 3. The van der Waals surface area contributed by atoms with Crippen LogP contribution in [0.15, 0.2) is 48.9 Å². The van der Waals surface area contributed by atoms with Crippen molar-refractivity contribution in [2.75, 3.05) is 35.6 Å². The van der Waals surface area contributed by atoms with Crippen molar-refractivity contribution in [1.82, 2.24) is 19.7 Å². The van der Waals surface area contributed by atoms with Crippen LogP contribution in [0, 0.1) is 5.82 Å². The Hall–Kier alpha value is -3.46. The average Bonchev–Trinajstić information content (AvgIpc) is 3.13. The van der Waals surface area contributed by atoms with Crippen LogP contribution in [-0.4, -0.2) is 51.2 Å². The van der Waals surface area contributed by atoms with E-state index in [4.69, 9.17) is 5.73 Å². The van der Waals surface area contributed by atoms with Crippen molar-refractivity contribution in [3.8, 4) is 5.69 Å². The molecule has 31 heavy (non-hydrogen) atoms. The monoisotopic (exact) mass is 421 g/mol. The lowest BCUT2D eigenvalue weighted by atomic mass is 10.0. The van der Waals surface area contributed by atoms with Crippen LogP contribution in [0.3, 0.4) is 0 Å². The molecule has 2 aliphatic rings. The topological polar surface area (TPSA) is 92.3 Å². The Labute approximate surface area is 179 Å². The lowest BCUT2D eigenvalue weighted by molar-refractivity contribution is -0.117. The van der Waals surface area contributed by atoms with Crippen molar-refractivity contribution in [3.05, 3.63) is 60.3 Å². The zero-order chi connectivity index (χ0) is 21.4. The molecule has 0 radical (unpaired) electrons. The maximum Gasteiger partial charge on any atom is 0.238 e. The van der Waals surface area contributed by atoms with E-state index in [1.165, 1.54) is 10.9 Å². The van der Waals surface area contributed by atoms with Gasteiger partial charge in [0.1, 0.15) is 5.82 Å². The minimum atomic E-state index is -0.415. The lowest BCUT2D eigenvalue weighted by Gasteiger charge is -2.38. The third kappa shape index (κ3) is 3.96. The summed E-state index contributed by atoms with van der Waals surface area (Å²) in [4.78, 5) is 21.3. The summed E-state index contributed by atoms with van der Waals surface area (Å²) in [5.41, 5.74) is 9.14. The molecule has 0 unspecified atom stereocenters. The van der Waals surface area contributed by atoms with Crippen LogP contribution in [-0.2, 0) is 11.3 Å². The van der Waals surface area contributed by atoms with Gasteiger partial charge in [0.25, 0.3) is 0 Å². The van der Waals surface area contributed by atoms with E-state index < -0.39 is 5.82 Å². The van der Waals surface area contributed by atoms with Crippen molar-refractivity contribution in [2.24, 2.45) is 0 Å². The predicted molar refractivity (Wildman–Crippen MR) is 116 cm³/mol. The van der Waals surface area contributed by atoms with Gasteiger partial charge in [-0.05, 0) is 24.5 Å². The summed E-state index contributed by atoms with van der Waals surface area (Å²) in [5, 5.41) is 7.02. The fourth-order valence-corrected chi connectivity index (χ4v) is 4.40. The summed E-state index contributed by atoms with van der Waals surface area (Å²) in [6, 6.07) is 10.1. The quantitative estimate of drug-likeness (QED) is 0.675. The molecule has 1 saturated heterocycles. The Morgan fingerprint density at radius 2 is 1.94 bits per heavy atom. The molecular formula is C22H24FN7O. The molecular weight excluding hydrogens is 397 g/mol. The molecule has 2 aromatic heterocycles. The van der Waals surface area contributed by atoms with E-state index >= 15 is 0 Å². The van der Waals surface area contributed by atoms with Gasteiger partial charge in [-0.15, -0.1) is 0 Å². The first-order chi connectivity index (χ1) is 15.1. The van der Waals surface area contributed by atoms with Crippen LogP contribution < -0.4 is 16.0 Å². The Morgan fingerprint density at radius 1 is 1.13 bits per heavy atom. The van der Waals surface area contributed by atoms with Gasteiger partial charge >= 0.3 is 0 Å². The van der Waals surface area contributed by atoms with E-state index in [1.54, 1.807) is 6.20 Å². The number of benzene rings is 1. The SMILES string of the molecule is Nc1cnc(N2CCC(N3CC(=O)Nc4ccccc4C3)CC2)cc1-n1cc(F)cn1. The summed E-state index contributed by atoms with van der Waals surface area (Å²) in [5.74, 6) is 0.405. The molecule has 3 N–H and O–H groups in total. The number of amides is 1. The van der Waals surface area contributed by atoms with E-state index in [0.717, 1.165) is 55.7 Å². The molecule has 3 aromatic rings. The number of carbonyl (C=O) groups excluding carboxylic acids is 1. The van der Waals surface area contributed by atoms with E-state index in [0.29, 0.717) is 24.0 Å². The molecule has 0 bridgehead atoms. The van der Waals surface area contributed by atoms with Crippen LogP contribution in [0.4, 0.5) is 21.6 Å². The molecule has 1 fully saturated rings. The second-order valence-corrected chi connectivity index (χ2v) is 8.03. The van der Waals surface area contributed by atoms with Crippen molar-refractivity contribution in [3.63, 3.8) is 0 Å². The highest BCUT2D eigenvalue weighted by atomic mass is 19.1. The van der Waals surface area contributed by atoms with E-state index in [-0.39, 0.29) is 5.91 Å². The molecule has 9 heteroatoms. The molecule has 0 atom stereocenters. The van der Waals surface area contributed by atoms with Gasteiger partial charge in [0.15, 0.2) is 5.82 Å².